The molecule has 0 radical (unpaired) electrons. The first-order valence-corrected chi connectivity index (χ1v) is 9.95. The van der Waals surface area contributed by atoms with Crippen LogP contribution in [0.3, 0.4) is 0 Å². The number of methoxy groups -OCH3 is 1. The van der Waals surface area contributed by atoms with Crippen LogP contribution in [-0.4, -0.2) is 38.6 Å². The van der Waals surface area contributed by atoms with E-state index in [-0.39, 0.29) is 12.2 Å². The van der Waals surface area contributed by atoms with Crippen molar-refractivity contribution in [2.75, 3.05) is 20.3 Å². The number of nitrogens with two attached hydrogens (primary N) is 1. The highest BCUT2D eigenvalue weighted by atomic mass is 16.5. The standard InChI is InChI=1S/C21H39NO4/c1-7-8-18(26-20-10-19(11-20)25-15(2)3)12-21(22)24-14-17(5)9-16(4)13-23-6/h8,12,15-17,19-20H,7,9-11,13-14,22H2,1-6H3/b18-8+,21-12+. The zero-order chi connectivity index (χ0) is 19.5. The summed E-state index contributed by atoms with van der Waals surface area (Å²) < 4.78 is 22.7. The Labute approximate surface area is 159 Å². The average molecular weight is 370 g/mol. The van der Waals surface area contributed by atoms with Gasteiger partial charge in [-0.15, -0.1) is 0 Å². The van der Waals surface area contributed by atoms with Crippen molar-refractivity contribution in [2.45, 2.75) is 78.6 Å². The summed E-state index contributed by atoms with van der Waals surface area (Å²) in [6.07, 6.45) is 8.43. The van der Waals surface area contributed by atoms with Crippen LogP contribution in [0.4, 0.5) is 0 Å². The Kier molecular flexibility index (Phi) is 10.7. The molecular weight excluding hydrogens is 330 g/mol. The van der Waals surface area contributed by atoms with E-state index in [2.05, 4.69) is 34.6 Å². The van der Waals surface area contributed by atoms with Crippen molar-refractivity contribution in [1.82, 2.24) is 0 Å². The second kappa shape index (κ2) is 12.2. The topological polar surface area (TPSA) is 62.9 Å². The Morgan fingerprint density at radius 1 is 1.08 bits per heavy atom. The SMILES string of the molecule is CC/C=C(\C=C(/N)OCC(C)CC(C)COC)OC1CC(OC(C)C)C1. The molecule has 5 heteroatoms. The van der Waals surface area contributed by atoms with Crippen LogP contribution in [0.5, 0.6) is 0 Å². The van der Waals surface area contributed by atoms with Gasteiger partial charge in [-0.2, -0.15) is 0 Å². The van der Waals surface area contributed by atoms with E-state index >= 15 is 0 Å². The smallest absolute Gasteiger partial charge is 0.187 e. The summed E-state index contributed by atoms with van der Waals surface area (Å²) in [7, 11) is 1.74. The molecule has 2 unspecified atom stereocenters. The first-order chi connectivity index (χ1) is 12.3. The molecule has 0 spiro atoms. The summed E-state index contributed by atoms with van der Waals surface area (Å²) >= 11 is 0. The molecule has 2 atom stereocenters. The predicted octanol–water partition coefficient (Wildman–Crippen LogP) is 4.38. The van der Waals surface area contributed by atoms with E-state index in [9.17, 15) is 0 Å². The minimum atomic E-state index is 0.203. The zero-order valence-electron chi connectivity index (χ0n) is 17.5. The van der Waals surface area contributed by atoms with Crippen LogP contribution in [0.25, 0.3) is 0 Å². The molecule has 5 nitrogen and oxygen atoms in total. The van der Waals surface area contributed by atoms with Crippen molar-refractivity contribution in [3.63, 3.8) is 0 Å². The number of hydrogen-bond acceptors (Lipinski definition) is 5. The summed E-state index contributed by atoms with van der Waals surface area (Å²) in [4.78, 5) is 0. The van der Waals surface area contributed by atoms with Crippen LogP contribution in [0, 0.1) is 11.8 Å². The average Bonchev–Trinajstić information content (AvgIpc) is 2.50. The Morgan fingerprint density at radius 3 is 2.31 bits per heavy atom. The minimum absolute atomic E-state index is 0.203. The lowest BCUT2D eigenvalue weighted by molar-refractivity contribution is -0.101. The summed E-state index contributed by atoms with van der Waals surface area (Å²) in [5.74, 6) is 2.14. The Balaban J connectivity index is 2.39. The Morgan fingerprint density at radius 2 is 1.73 bits per heavy atom. The molecular formula is C21H39NO4. The second-order valence-corrected chi connectivity index (χ2v) is 7.79. The monoisotopic (exact) mass is 369 g/mol. The van der Waals surface area contributed by atoms with E-state index in [4.69, 9.17) is 24.7 Å². The van der Waals surface area contributed by atoms with Gasteiger partial charge in [-0.05, 0) is 44.6 Å². The van der Waals surface area contributed by atoms with Gasteiger partial charge in [-0.3, -0.25) is 0 Å². The van der Waals surface area contributed by atoms with Crippen LogP contribution in [-0.2, 0) is 18.9 Å². The van der Waals surface area contributed by atoms with Gasteiger partial charge in [0, 0.05) is 32.6 Å². The molecule has 0 saturated heterocycles. The van der Waals surface area contributed by atoms with E-state index in [1.165, 1.54) is 0 Å². The zero-order valence-corrected chi connectivity index (χ0v) is 17.5. The molecule has 0 heterocycles. The van der Waals surface area contributed by atoms with Gasteiger partial charge >= 0.3 is 0 Å². The molecule has 0 aromatic carbocycles. The molecule has 0 aromatic rings. The third-order valence-electron chi connectivity index (χ3n) is 4.30. The Bertz CT molecular complexity index is 441. The highest BCUT2D eigenvalue weighted by Gasteiger charge is 2.32. The number of ether oxygens (including phenoxy) is 4. The van der Waals surface area contributed by atoms with Crippen LogP contribution in [0.15, 0.2) is 23.8 Å². The lowest BCUT2D eigenvalue weighted by Crippen LogP contribution is -2.38. The van der Waals surface area contributed by atoms with E-state index < -0.39 is 0 Å². The van der Waals surface area contributed by atoms with Gasteiger partial charge in [0.05, 0.1) is 18.8 Å². The molecule has 1 saturated carbocycles. The van der Waals surface area contributed by atoms with E-state index in [0.717, 1.165) is 38.0 Å². The van der Waals surface area contributed by atoms with Gasteiger partial charge in [0.1, 0.15) is 11.9 Å². The van der Waals surface area contributed by atoms with Crippen LogP contribution >= 0.6 is 0 Å². The van der Waals surface area contributed by atoms with E-state index in [0.29, 0.717) is 30.4 Å². The summed E-state index contributed by atoms with van der Waals surface area (Å²) in [6.45, 7) is 11.9. The highest BCUT2D eigenvalue weighted by molar-refractivity contribution is 5.14. The maximum Gasteiger partial charge on any atom is 0.187 e. The first kappa shape index (κ1) is 22.8. The molecule has 1 aliphatic carbocycles. The molecule has 1 fully saturated rings. The maximum absolute atomic E-state index is 6.04. The van der Waals surface area contributed by atoms with Gasteiger partial charge in [0.15, 0.2) is 5.88 Å². The van der Waals surface area contributed by atoms with Crippen molar-refractivity contribution in [3.05, 3.63) is 23.8 Å². The molecule has 26 heavy (non-hydrogen) atoms. The fourth-order valence-corrected chi connectivity index (χ4v) is 3.17. The summed E-state index contributed by atoms with van der Waals surface area (Å²) in [5.41, 5.74) is 6.04. The van der Waals surface area contributed by atoms with Gasteiger partial charge < -0.3 is 24.7 Å². The first-order valence-electron chi connectivity index (χ1n) is 9.95. The van der Waals surface area contributed by atoms with Crippen molar-refractivity contribution >= 4 is 0 Å². The minimum Gasteiger partial charge on any atom is -0.490 e. The molecule has 0 amide bonds. The summed E-state index contributed by atoms with van der Waals surface area (Å²) in [5, 5.41) is 0. The highest BCUT2D eigenvalue weighted by Crippen LogP contribution is 2.29. The molecule has 1 rings (SSSR count). The maximum atomic E-state index is 6.04. The summed E-state index contributed by atoms with van der Waals surface area (Å²) in [6, 6.07) is 0. The largest absolute Gasteiger partial charge is 0.490 e. The molecule has 2 N–H and O–H groups in total. The molecule has 152 valence electrons. The van der Waals surface area contributed by atoms with Crippen LogP contribution < -0.4 is 5.73 Å². The quantitative estimate of drug-likeness (QED) is 0.386. The van der Waals surface area contributed by atoms with Crippen molar-refractivity contribution in [1.29, 1.82) is 0 Å². The molecule has 1 aliphatic rings. The van der Waals surface area contributed by atoms with Crippen LogP contribution in [0.2, 0.25) is 0 Å². The van der Waals surface area contributed by atoms with Gasteiger partial charge in [0.25, 0.3) is 0 Å². The fourth-order valence-electron chi connectivity index (χ4n) is 3.17. The van der Waals surface area contributed by atoms with Gasteiger partial charge in [-0.1, -0.05) is 20.8 Å². The van der Waals surface area contributed by atoms with Crippen molar-refractivity contribution in [2.24, 2.45) is 17.6 Å². The number of hydrogen-bond donors (Lipinski definition) is 1. The fraction of sp³-hybridized carbons (Fsp3) is 0.810. The van der Waals surface area contributed by atoms with Crippen molar-refractivity contribution in [3.8, 4) is 0 Å². The van der Waals surface area contributed by atoms with E-state index in [1.807, 2.05) is 6.08 Å². The lowest BCUT2D eigenvalue weighted by atomic mass is 9.91. The normalized spacial score (nSPS) is 23.5. The molecule has 0 aromatic heterocycles. The number of rotatable bonds is 13. The van der Waals surface area contributed by atoms with E-state index in [1.54, 1.807) is 13.2 Å². The Hall–Kier alpha value is -1.20. The van der Waals surface area contributed by atoms with Crippen LogP contribution in [0.1, 0.15) is 60.3 Å². The second-order valence-electron chi connectivity index (χ2n) is 7.79. The van der Waals surface area contributed by atoms with Crippen molar-refractivity contribution < 1.29 is 18.9 Å². The number of allylic oxidation sites excluding steroid dienone is 2. The molecule has 0 bridgehead atoms. The van der Waals surface area contributed by atoms with Gasteiger partial charge in [-0.25, -0.2) is 0 Å². The van der Waals surface area contributed by atoms with Gasteiger partial charge in [0.2, 0.25) is 0 Å². The lowest BCUT2D eigenvalue weighted by Gasteiger charge is -2.36. The third-order valence-corrected chi connectivity index (χ3v) is 4.30. The molecule has 0 aliphatic heterocycles. The third kappa shape index (κ3) is 9.48. The predicted molar refractivity (Wildman–Crippen MR) is 106 cm³/mol.